The summed E-state index contributed by atoms with van der Waals surface area (Å²) in [5.74, 6) is -0.614. The molecule has 2 rings (SSSR count). The van der Waals surface area contributed by atoms with Crippen LogP contribution in [0.3, 0.4) is 0 Å². The molecular weight excluding hydrogens is 280 g/mol. The van der Waals surface area contributed by atoms with Crippen LogP contribution in [-0.2, 0) is 11.2 Å². The third kappa shape index (κ3) is 3.28. The zero-order valence-corrected chi connectivity index (χ0v) is 11.8. The standard InChI is InChI=1S/C13H16N4O2.ClH/c1-13(15,11(18)19)8-9-2-4-10(5-3-9)17-7-6-16-12(17)14;/h2-7H,8,15H2,1H3,(H2,14,16)(H,18,19);1H/t13-;/m0./s1. The van der Waals surface area contributed by atoms with Gasteiger partial charge in [-0.3, -0.25) is 9.36 Å². The lowest BCUT2D eigenvalue weighted by molar-refractivity contribution is -0.142. The molecule has 108 valence electrons. The van der Waals surface area contributed by atoms with E-state index in [-0.39, 0.29) is 18.8 Å². The number of hydrogen-bond acceptors (Lipinski definition) is 4. The number of carboxylic acids is 1. The molecule has 0 spiro atoms. The van der Waals surface area contributed by atoms with E-state index in [4.69, 9.17) is 16.6 Å². The number of aromatic nitrogens is 2. The molecule has 1 heterocycles. The van der Waals surface area contributed by atoms with E-state index in [1.54, 1.807) is 17.0 Å². The number of anilines is 1. The van der Waals surface area contributed by atoms with Crippen molar-refractivity contribution in [3.8, 4) is 5.69 Å². The molecule has 0 aliphatic carbocycles. The summed E-state index contributed by atoms with van der Waals surface area (Å²) in [4.78, 5) is 14.9. The van der Waals surface area contributed by atoms with Gasteiger partial charge in [-0.15, -0.1) is 12.4 Å². The van der Waals surface area contributed by atoms with Crippen molar-refractivity contribution in [1.29, 1.82) is 0 Å². The summed E-state index contributed by atoms with van der Waals surface area (Å²) in [6, 6.07) is 7.38. The minimum absolute atomic E-state index is 0. The number of carbonyl (C=O) groups is 1. The number of imidazole rings is 1. The number of benzene rings is 1. The first-order valence-electron chi connectivity index (χ1n) is 5.80. The highest BCUT2D eigenvalue weighted by molar-refractivity contribution is 5.85. The van der Waals surface area contributed by atoms with Crippen LogP contribution in [0.2, 0.25) is 0 Å². The van der Waals surface area contributed by atoms with Crippen molar-refractivity contribution < 1.29 is 9.90 Å². The van der Waals surface area contributed by atoms with Crippen LogP contribution in [0, 0.1) is 0 Å². The Balaban J connectivity index is 0.00000200. The van der Waals surface area contributed by atoms with Crippen LogP contribution in [0.4, 0.5) is 5.95 Å². The van der Waals surface area contributed by atoms with Crippen LogP contribution in [0.15, 0.2) is 36.7 Å². The Morgan fingerprint density at radius 1 is 1.40 bits per heavy atom. The molecule has 5 N–H and O–H groups in total. The van der Waals surface area contributed by atoms with Crippen molar-refractivity contribution in [3.05, 3.63) is 42.2 Å². The molecule has 1 aromatic carbocycles. The van der Waals surface area contributed by atoms with Crippen molar-refractivity contribution in [1.82, 2.24) is 9.55 Å². The Morgan fingerprint density at radius 3 is 2.45 bits per heavy atom. The Hall–Kier alpha value is -2.05. The maximum atomic E-state index is 11.0. The number of rotatable bonds is 4. The molecule has 0 fully saturated rings. The van der Waals surface area contributed by atoms with Crippen LogP contribution in [0.25, 0.3) is 5.69 Å². The van der Waals surface area contributed by atoms with Gasteiger partial charge in [0.1, 0.15) is 5.54 Å². The van der Waals surface area contributed by atoms with E-state index in [1.165, 1.54) is 6.92 Å². The summed E-state index contributed by atoms with van der Waals surface area (Å²) in [5.41, 5.74) is 11.9. The molecule has 20 heavy (non-hydrogen) atoms. The molecule has 0 bridgehead atoms. The fourth-order valence-electron chi connectivity index (χ4n) is 1.81. The zero-order chi connectivity index (χ0) is 14.0. The molecule has 1 aromatic heterocycles. The van der Waals surface area contributed by atoms with Gasteiger partial charge in [0.25, 0.3) is 0 Å². The summed E-state index contributed by atoms with van der Waals surface area (Å²) >= 11 is 0. The average molecular weight is 297 g/mol. The molecule has 0 saturated carbocycles. The van der Waals surface area contributed by atoms with Gasteiger partial charge in [-0.1, -0.05) is 12.1 Å². The van der Waals surface area contributed by atoms with Crippen molar-refractivity contribution in [2.24, 2.45) is 5.73 Å². The quantitative estimate of drug-likeness (QED) is 0.786. The highest BCUT2D eigenvalue weighted by atomic mass is 35.5. The largest absolute Gasteiger partial charge is 0.480 e. The molecular formula is C13H17ClN4O2. The smallest absolute Gasteiger partial charge is 0.323 e. The minimum Gasteiger partial charge on any atom is -0.480 e. The van der Waals surface area contributed by atoms with E-state index in [0.29, 0.717) is 5.95 Å². The molecule has 0 saturated heterocycles. The maximum absolute atomic E-state index is 11.0. The molecule has 0 aliphatic heterocycles. The number of aliphatic carboxylic acids is 1. The van der Waals surface area contributed by atoms with Gasteiger partial charge in [-0.05, 0) is 24.6 Å². The highest BCUT2D eigenvalue weighted by Crippen LogP contribution is 2.16. The van der Waals surface area contributed by atoms with Crippen LogP contribution in [-0.4, -0.2) is 26.2 Å². The fourth-order valence-corrected chi connectivity index (χ4v) is 1.81. The number of nitrogens with zero attached hydrogens (tertiary/aromatic N) is 2. The van der Waals surface area contributed by atoms with Gasteiger partial charge in [0.15, 0.2) is 0 Å². The van der Waals surface area contributed by atoms with Crippen molar-refractivity contribution in [2.75, 3.05) is 5.73 Å². The van der Waals surface area contributed by atoms with Crippen molar-refractivity contribution in [3.63, 3.8) is 0 Å². The maximum Gasteiger partial charge on any atom is 0.323 e. The third-order valence-electron chi connectivity index (χ3n) is 2.94. The third-order valence-corrected chi connectivity index (χ3v) is 2.94. The number of halogens is 1. The SMILES string of the molecule is C[C@](N)(Cc1ccc(-n2ccnc2N)cc1)C(=O)O.Cl. The van der Waals surface area contributed by atoms with Crippen LogP contribution in [0.5, 0.6) is 0 Å². The summed E-state index contributed by atoms with van der Waals surface area (Å²) in [5, 5.41) is 8.99. The van der Waals surface area contributed by atoms with Gasteiger partial charge in [0, 0.05) is 24.5 Å². The second-order valence-electron chi connectivity index (χ2n) is 4.72. The van der Waals surface area contributed by atoms with E-state index in [1.807, 2.05) is 24.3 Å². The predicted molar refractivity (Wildman–Crippen MR) is 79.2 cm³/mol. The lowest BCUT2D eigenvalue weighted by Gasteiger charge is -2.19. The molecule has 0 radical (unpaired) electrons. The second-order valence-corrected chi connectivity index (χ2v) is 4.72. The van der Waals surface area contributed by atoms with Crippen molar-refractivity contribution >= 4 is 24.3 Å². The Kier molecular flexibility index (Phi) is 4.75. The summed E-state index contributed by atoms with van der Waals surface area (Å²) in [6.07, 6.45) is 3.64. The summed E-state index contributed by atoms with van der Waals surface area (Å²) in [7, 11) is 0. The Bertz CT molecular complexity index is 593. The topological polar surface area (TPSA) is 107 Å². The molecule has 7 heteroatoms. The monoisotopic (exact) mass is 296 g/mol. The number of hydrogen-bond donors (Lipinski definition) is 3. The molecule has 2 aromatic rings. The van der Waals surface area contributed by atoms with Gasteiger partial charge in [0.05, 0.1) is 0 Å². The zero-order valence-electron chi connectivity index (χ0n) is 11.0. The molecule has 0 amide bonds. The molecule has 1 atom stereocenters. The first-order valence-corrected chi connectivity index (χ1v) is 5.80. The lowest BCUT2D eigenvalue weighted by atomic mass is 9.94. The number of carboxylic acid groups (broad SMARTS) is 1. The van der Waals surface area contributed by atoms with E-state index in [0.717, 1.165) is 11.3 Å². The van der Waals surface area contributed by atoms with Gasteiger partial charge in [-0.25, -0.2) is 4.98 Å². The van der Waals surface area contributed by atoms with Crippen LogP contribution >= 0.6 is 12.4 Å². The highest BCUT2D eigenvalue weighted by Gasteiger charge is 2.27. The van der Waals surface area contributed by atoms with E-state index < -0.39 is 11.5 Å². The average Bonchev–Trinajstić information content (AvgIpc) is 2.76. The van der Waals surface area contributed by atoms with Crippen molar-refractivity contribution in [2.45, 2.75) is 18.9 Å². The first-order chi connectivity index (χ1) is 8.90. The van der Waals surface area contributed by atoms with Gasteiger partial charge in [-0.2, -0.15) is 0 Å². The van der Waals surface area contributed by atoms with Crippen LogP contribution < -0.4 is 11.5 Å². The predicted octanol–water partition coefficient (Wildman–Crippen LogP) is 1.22. The van der Waals surface area contributed by atoms with Crippen LogP contribution in [0.1, 0.15) is 12.5 Å². The normalized spacial score (nSPS) is 13.3. The number of nitrogen functional groups attached to an aromatic ring is 1. The minimum atomic E-state index is -1.27. The lowest BCUT2D eigenvalue weighted by Crippen LogP contribution is -2.46. The first kappa shape index (κ1) is 16.0. The Morgan fingerprint density at radius 2 is 2.00 bits per heavy atom. The van der Waals surface area contributed by atoms with E-state index in [2.05, 4.69) is 4.98 Å². The van der Waals surface area contributed by atoms with E-state index in [9.17, 15) is 4.79 Å². The van der Waals surface area contributed by atoms with Gasteiger partial charge < -0.3 is 16.6 Å². The summed E-state index contributed by atoms with van der Waals surface area (Å²) < 4.78 is 1.74. The van der Waals surface area contributed by atoms with Gasteiger partial charge in [0.2, 0.25) is 5.95 Å². The van der Waals surface area contributed by atoms with Gasteiger partial charge >= 0.3 is 5.97 Å². The Labute approximate surface area is 122 Å². The fraction of sp³-hybridized carbons (Fsp3) is 0.231. The molecule has 0 aliphatic rings. The number of nitrogens with two attached hydrogens (primary N) is 2. The van der Waals surface area contributed by atoms with E-state index >= 15 is 0 Å². The second kappa shape index (κ2) is 5.94. The summed E-state index contributed by atoms with van der Waals surface area (Å²) in [6.45, 7) is 1.50. The molecule has 6 nitrogen and oxygen atoms in total. The molecule has 0 unspecified atom stereocenters.